The van der Waals surface area contributed by atoms with Gasteiger partial charge in [0.15, 0.2) is 11.6 Å². The van der Waals surface area contributed by atoms with Crippen molar-refractivity contribution in [2.75, 3.05) is 13.1 Å². The third kappa shape index (κ3) is 3.87. The van der Waals surface area contributed by atoms with Crippen LogP contribution in [0.3, 0.4) is 0 Å². The van der Waals surface area contributed by atoms with Crippen LogP contribution in [-0.4, -0.2) is 54.6 Å². The molecule has 156 valence electrons. The maximum absolute atomic E-state index is 12.8. The van der Waals surface area contributed by atoms with E-state index in [1.165, 1.54) is 6.92 Å². The number of aryl methyl sites for hydroxylation is 1. The molecule has 1 fully saturated rings. The molecule has 30 heavy (non-hydrogen) atoms. The summed E-state index contributed by atoms with van der Waals surface area (Å²) < 4.78 is 7.02. The van der Waals surface area contributed by atoms with Crippen molar-refractivity contribution in [2.24, 2.45) is 0 Å². The Morgan fingerprint density at radius 1 is 1.17 bits per heavy atom. The number of likely N-dealkylation sites (tertiary alicyclic amines) is 1. The van der Waals surface area contributed by atoms with Crippen molar-refractivity contribution in [1.82, 2.24) is 29.8 Å². The second-order valence-electron chi connectivity index (χ2n) is 7.61. The van der Waals surface area contributed by atoms with Crippen molar-refractivity contribution < 1.29 is 14.1 Å². The zero-order valence-electron chi connectivity index (χ0n) is 17.3. The van der Waals surface area contributed by atoms with Crippen LogP contribution in [0.25, 0.3) is 11.5 Å². The number of Topliss-reactive ketones (excluding diaryl/α,β-unsaturated/α-hetero) is 1. The van der Waals surface area contributed by atoms with E-state index in [-0.39, 0.29) is 24.2 Å². The van der Waals surface area contributed by atoms with E-state index in [1.54, 1.807) is 24.0 Å². The Bertz CT molecular complexity index is 1060. The molecule has 0 bridgehead atoms. The monoisotopic (exact) mass is 408 g/mol. The Kier molecular flexibility index (Phi) is 5.43. The van der Waals surface area contributed by atoms with Gasteiger partial charge >= 0.3 is 0 Å². The molecule has 0 radical (unpaired) electrons. The quantitative estimate of drug-likeness (QED) is 0.597. The second-order valence-corrected chi connectivity index (χ2v) is 7.61. The van der Waals surface area contributed by atoms with Gasteiger partial charge in [0.2, 0.25) is 5.91 Å². The van der Waals surface area contributed by atoms with Crippen LogP contribution in [0.4, 0.5) is 0 Å². The summed E-state index contributed by atoms with van der Waals surface area (Å²) in [5.41, 5.74) is 2.84. The van der Waals surface area contributed by atoms with E-state index in [0.717, 1.165) is 24.1 Å². The molecule has 9 heteroatoms. The van der Waals surface area contributed by atoms with E-state index in [9.17, 15) is 9.59 Å². The first-order valence-electron chi connectivity index (χ1n) is 10.0. The minimum Gasteiger partial charge on any atom is -0.341 e. The molecule has 9 nitrogen and oxygen atoms in total. The highest BCUT2D eigenvalue weighted by Crippen LogP contribution is 2.28. The highest BCUT2D eigenvalue weighted by molar-refractivity contribution is 5.96. The SMILES string of the molecule is CC(=O)c1c(C)nn(CC(=O)N2CCC(c3noc(-c4ccncc4)n3)CC2)c1C. The standard InChI is InChI=1S/C21H24N6O3/c1-13-19(15(3)28)14(2)27(24-13)12-18(29)26-10-6-16(7-11-26)20-23-21(30-25-20)17-4-8-22-9-5-17/h4-5,8-9,16H,6-7,10-12H2,1-3H3. The number of nitrogens with zero attached hydrogens (tertiary/aromatic N) is 6. The van der Waals surface area contributed by atoms with Gasteiger partial charge in [-0.3, -0.25) is 19.3 Å². The fraction of sp³-hybridized carbons (Fsp3) is 0.429. The molecule has 0 aromatic carbocycles. The molecule has 0 spiro atoms. The first kappa shape index (κ1) is 19.9. The number of rotatable bonds is 5. The van der Waals surface area contributed by atoms with Crippen LogP contribution in [-0.2, 0) is 11.3 Å². The summed E-state index contributed by atoms with van der Waals surface area (Å²) in [4.78, 5) is 34.9. The number of hydrogen-bond donors (Lipinski definition) is 0. The zero-order chi connectivity index (χ0) is 21.3. The lowest BCUT2D eigenvalue weighted by atomic mass is 9.96. The highest BCUT2D eigenvalue weighted by atomic mass is 16.5. The predicted octanol–water partition coefficient (Wildman–Crippen LogP) is 2.55. The van der Waals surface area contributed by atoms with Gasteiger partial charge < -0.3 is 9.42 Å². The Hall–Kier alpha value is -3.36. The number of carbonyl (C=O) groups is 2. The van der Waals surface area contributed by atoms with Gasteiger partial charge in [-0.05, 0) is 45.7 Å². The number of pyridine rings is 1. The van der Waals surface area contributed by atoms with Crippen molar-refractivity contribution in [3.05, 3.63) is 47.3 Å². The Morgan fingerprint density at radius 3 is 2.50 bits per heavy atom. The van der Waals surface area contributed by atoms with Crippen LogP contribution in [0.5, 0.6) is 0 Å². The summed E-state index contributed by atoms with van der Waals surface area (Å²) in [7, 11) is 0. The van der Waals surface area contributed by atoms with E-state index < -0.39 is 0 Å². The Morgan fingerprint density at radius 2 is 1.87 bits per heavy atom. The lowest BCUT2D eigenvalue weighted by Crippen LogP contribution is -2.40. The number of aromatic nitrogens is 5. The van der Waals surface area contributed by atoms with Gasteiger partial charge in [0.25, 0.3) is 5.89 Å². The van der Waals surface area contributed by atoms with E-state index in [0.29, 0.717) is 36.1 Å². The average Bonchev–Trinajstić information content (AvgIpc) is 3.34. The molecule has 0 N–H and O–H groups in total. The minimum absolute atomic E-state index is 0.000242. The van der Waals surface area contributed by atoms with Crippen LogP contribution in [0.1, 0.15) is 53.3 Å². The topological polar surface area (TPSA) is 107 Å². The fourth-order valence-corrected chi connectivity index (χ4v) is 3.99. The summed E-state index contributed by atoms with van der Waals surface area (Å²) >= 11 is 0. The third-order valence-corrected chi connectivity index (χ3v) is 5.60. The largest absolute Gasteiger partial charge is 0.341 e. The van der Waals surface area contributed by atoms with Crippen molar-refractivity contribution in [3.63, 3.8) is 0 Å². The molecule has 1 aliphatic rings. The molecule has 4 rings (SSSR count). The lowest BCUT2D eigenvalue weighted by molar-refractivity contribution is -0.133. The van der Waals surface area contributed by atoms with Crippen LogP contribution in [0, 0.1) is 13.8 Å². The summed E-state index contributed by atoms with van der Waals surface area (Å²) in [6, 6.07) is 3.66. The number of amides is 1. The van der Waals surface area contributed by atoms with Gasteiger partial charge in [-0.25, -0.2) is 0 Å². The van der Waals surface area contributed by atoms with Gasteiger partial charge in [0.05, 0.1) is 11.3 Å². The number of piperidine rings is 1. The first-order valence-corrected chi connectivity index (χ1v) is 10.0. The third-order valence-electron chi connectivity index (χ3n) is 5.60. The second kappa shape index (κ2) is 8.17. The van der Waals surface area contributed by atoms with Crippen LogP contribution in [0.15, 0.2) is 29.0 Å². The van der Waals surface area contributed by atoms with Crippen molar-refractivity contribution in [3.8, 4) is 11.5 Å². The van der Waals surface area contributed by atoms with Crippen molar-refractivity contribution >= 4 is 11.7 Å². The molecular weight excluding hydrogens is 384 g/mol. The Labute approximate surface area is 174 Å². The summed E-state index contributed by atoms with van der Waals surface area (Å²) in [6.07, 6.45) is 4.92. The first-order chi connectivity index (χ1) is 14.4. The predicted molar refractivity (Wildman–Crippen MR) is 108 cm³/mol. The number of carbonyl (C=O) groups excluding carboxylic acids is 2. The van der Waals surface area contributed by atoms with Crippen LogP contribution in [0.2, 0.25) is 0 Å². The smallest absolute Gasteiger partial charge is 0.258 e. The summed E-state index contributed by atoms with van der Waals surface area (Å²) in [6.45, 7) is 6.53. The van der Waals surface area contributed by atoms with E-state index >= 15 is 0 Å². The zero-order valence-corrected chi connectivity index (χ0v) is 17.3. The van der Waals surface area contributed by atoms with Gasteiger partial charge in [-0.1, -0.05) is 5.16 Å². The van der Waals surface area contributed by atoms with E-state index in [4.69, 9.17) is 4.52 Å². The van der Waals surface area contributed by atoms with E-state index in [2.05, 4.69) is 20.2 Å². The van der Waals surface area contributed by atoms with Gasteiger partial charge in [0.1, 0.15) is 6.54 Å². The van der Waals surface area contributed by atoms with Crippen LogP contribution >= 0.6 is 0 Å². The maximum Gasteiger partial charge on any atom is 0.258 e. The van der Waals surface area contributed by atoms with Gasteiger partial charge in [-0.2, -0.15) is 10.1 Å². The van der Waals surface area contributed by atoms with Gasteiger partial charge in [-0.15, -0.1) is 0 Å². The molecule has 1 saturated heterocycles. The summed E-state index contributed by atoms with van der Waals surface area (Å²) in [5, 5.41) is 8.51. The lowest BCUT2D eigenvalue weighted by Gasteiger charge is -2.30. The minimum atomic E-state index is -0.0317. The summed E-state index contributed by atoms with van der Waals surface area (Å²) in [5.74, 6) is 1.29. The van der Waals surface area contributed by atoms with Crippen molar-refractivity contribution in [2.45, 2.75) is 46.1 Å². The normalized spacial score (nSPS) is 14.8. The van der Waals surface area contributed by atoms with Gasteiger partial charge in [0, 0.05) is 42.7 Å². The molecule has 0 aliphatic carbocycles. The maximum atomic E-state index is 12.8. The molecular formula is C21H24N6O3. The molecule has 1 aliphatic heterocycles. The number of hydrogen-bond acceptors (Lipinski definition) is 7. The highest BCUT2D eigenvalue weighted by Gasteiger charge is 2.28. The Balaban J connectivity index is 1.37. The molecule has 1 amide bonds. The van der Waals surface area contributed by atoms with Crippen molar-refractivity contribution in [1.29, 1.82) is 0 Å². The fourth-order valence-electron chi connectivity index (χ4n) is 3.99. The molecule has 0 atom stereocenters. The van der Waals surface area contributed by atoms with Crippen LogP contribution < -0.4 is 0 Å². The number of ketones is 1. The molecule has 0 saturated carbocycles. The molecule has 3 aromatic rings. The van der Waals surface area contributed by atoms with E-state index in [1.807, 2.05) is 24.0 Å². The molecule has 3 aromatic heterocycles. The average molecular weight is 408 g/mol. The molecule has 0 unspecified atom stereocenters. The molecule has 4 heterocycles.